The molecule has 5 rings (SSSR count). The fraction of sp³-hybridized carbons (Fsp3) is 0.233. The Morgan fingerprint density at radius 3 is 2.25 bits per heavy atom. The number of anilines is 1. The average Bonchev–Trinajstić information content (AvgIpc) is 3.50. The number of rotatable bonds is 9. The molecule has 1 aliphatic heterocycles. The molecule has 1 saturated heterocycles. The van der Waals surface area contributed by atoms with Crippen LogP contribution in [0, 0.1) is 0 Å². The summed E-state index contributed by atoms with van der Waals surface area (Å²) in [5.41, 5.74) is 1.51. The van der Waals surface area contributed by atoms with Crippen molar-refractivity contribution in [2.75, 3.05) is 32.3 Å². The van der Waals surface area contributed by atoms with E-state index < -0.39 is 17.7 Å². The summed E-state index contributed by atoms with van der Waals surface area (Å²) in [7, 11) is 3.02. The van der Waals surface area contributed by atoms with Crippen LogP contribution in [0.1, 0.15) is 31.0 Å². The Morgan fingerprint density at radius 2 is 1.57 bits per heavy atom. The van der Waals surface area contributed by atoms with Crippen molar-refractivity contribution in [3.05, 3.63) is 77.4 Å². The van der Waals surface area contributed by atoms with Gasteiger partial charge in [-0.15, -0.1) is 0 Å². The third kappa shape index (κ3) is 4.82. The van der Waals surface area contributed by atoms with Gasteiger partial charge in [-0.3, -0.25) is 14.5 Å². The Balaban J connectivity index is 1.69. The molecule has 0 bridgehead atoms. The topological polar surface area (TPSA) is 107 Å². The van der Waals surface area contributed by atoms with Crippen molar-refractivity contribution in [2.45, 2.75) is 19.9 Å². The minimum absolute atomic E-state index is 0.0596. The Kier molecular flexibility index (Phi) is 7.61. The highest BCUT2D eigenvalue weighted by atomic mass is 32.1. The highest BCUT2D eigenvalue weighted by Crippen LogP contribution is 2.46. The summed E-state index contributed by atoms with van der Waals surface area (Å²) in [6.07, 6.45) is 0. The number of methoxy groups -OCH3 is 2. The number of aliphatic hydroxyl groups excluding tert-OH is 1. The SMILES string of the molecule is CCOc1ccc(C(O)=C2C(=O)C(=O)N(c3nc4ccc(OCC)cc4s3)C2c2ccc(OC)c(OC)c2)cc1. The van der Waals surface area contributed by atoms with E-state index in [1.807, 2.05) is 26.0 Å². The van der Waals surface area contributed by atoms with Crippen LogP contribution in [0.25, 0.3) is 16.0 Å². The standard InChI is InChI=1S/C30H28N2O7S/c1-5-38-19-10-7-17(8-11-19)27(33)25-26(18-9-14-22(36-3)23(15-18)37-4)32(29(35)28(25)34)30-31-21-13-12-20(39-6-2)16-24(21)40-30/h7-16,26,33H,5-6H2,1-4H3. The van der Waals surface area contributed by atoms with E-state index in [0.29, 0.717) is 58.0 Å². The number of Topliss-reactive ketones (excluding diaryl/α,β-unsaturated/α-hetero) is 1. The fourth-order valence-corrected chi connectivity index (χ4v) is 5.67. The first-order valence-electron chi connectivity index (χ1n) is 12.7. The van der Waals surface area contributed by atoms with Crippen LogP contribution in [-0.2, 0) is 9.59 Å². The number of hydrogen-bond donors (Lipinski definition) is 1. The maximum Gasteiger partial charge on any atom is 0.301 e. The Morgan fingerprint density at radius 1 is 0.900 bits per heavy atom. The molecule has 206 valence electrons. The molecule has 1 aromatic heterocycles. The molecule has 0 radical (unpaired) electrons. The normalized spacial score (nSPS) is 16.4. The van der Waals surface area contributed by atoms with Crippen molar-refractivity contribution in [2.24, 2.45) is 0 Å². The highest BCUT2D eigenvalue weighted by Gasteiger charge is 2.48. The molecule has 0 saturated carbocycles. The number of carbonyl (C=O) groups is 2. The predicted octanol–water partition coefficient (Wildman–Crippen LogP) is 5.74. The van der Waals surface area contributed by atoms with Crippen LogP contribution in [0.15, 0.2) is 66.2 Å². The monoisotopic (exact) mass is 560 g/mol. The van der Waals surface area contributed by atoms with Gasteiger partial charge in [-0.2, -0.15) is 0 Å². The molecule has 3 aromatic carbocycles. The number of benzene rings is 3. The lowest BCUT2D eigenvalue weighted by molar-refractivity contribution is -0.132. The predicted molar refractivity (Wildman–Crippen MR) is 153 cm³/mol. The zero-order valence-electron chi connectivity index (χ0n) is 22.5. The number of nitrogens with zero attached hydrogens (tertiary/aromatic N) is 2. The summed E-state index contributed by atoms with van der Waals surface area (Å²) >= 11 is 1.26. The van der Waals surface area contributed by atoms with Gasteiger partial charge in [0.25, 0.3) is 5.78 Å². The molecule has 40 heavy (non-hydrogen) atoms. The van der Waals surface area contributed by atoms with E-state index in [9.17, 15) is 14.7 Å². The van der Waals surface area contributed by atoms with Gasteiger partial charge in [-0.1, -0.05) is 17.4 Å². The van der Waals surface area contributed by atoms with Crippen molar-refractivity contribution in [1.82, 2.24) is 4.98 Å². The Hall–Kier alpha value is -4.57. The van der Waals surface area contributed by atoms with Gasteiger partial charge in [0.2, 0.25) is 0 Å². The molecular weight excluding hydrogens is 532 g/mol. The first-order valence-corrected chi connectivity index (χ1v) is 13.5. The van der Waals surface area contributed by atoms with E-state index >= 15 is 0 Å². The second-order valence-electron chi connectivity index (χ2n) is 8.80. The van der Waals surface area contributed by atoms with Crippen LogP contribution in [0.5, 0.6) is 23.0 Å². The second-order valence-corrected chi connectivity index (χ2v) is 9.81. The molecule has 0 spiro atoms. The summed E-state index contributed by atoms with van der Waals surface area (Å²) in [4.78, 5) is 33.2. The van der Waals surface area contributed by atoms with E-state index in [4.69, 9.17) is 18.9 Å². The lowest BCUT2D eigenvalue weighted by atomic mass is 9.95. The molecule has 1 fully saturated rings. The molecule has 4 aromatic rings. The molecule has 1 amide bonds. The van der Waals surface area contributed by atoms with E-state index in [-0.39, 0.29) is 11.3 Å². The van der Waals surface area contributed by atoms with Crippen LogP contribution in [0.2, 0.25) is 0 Å². The molecule has 0 aliphatic carbocycles. The van der Waals surface area contributed by atoms with Gasteiger partial charge >= 0.3 is 5.91 Å². The van der Waals surface area contributed by atoms with Crippen molar-refractivity contribution in [3.8, 4) is 23.0 Å². The first kappa shape index (κ1) is 27.0. The summed E-state index contributed by atoms with van der Waals surface area (Å²) in [5, 5.41) is 11.8. The van der Waals surface area contributed by atoms with Crippen molar-refractivity contribution in [1.29, 1.82) is 0 Å². The lowest BCUT2D eigenvalue weighted by Crippen LogP contribution is -2.29. The van der Waals surface area contributed by atoms with Crippen LogP contribution >= 0.6 is 11.3 Å². The van der Waals surface area contributed by atoms with Crippen molar-refractivity contribution >= 4 is 44.1 Å². The lowest BCUT2D eigenvalue weighted by Gasteiger charge is -2.23. The summed E-state index contributed by atoms with van der Waals surface area (Å²) < 4.78 is 22.8. The third-order valence-corrected chi connectivity index (χ3v) is 7.49. The highest BCUT2D eigenvalue weighted by molar-refractivity contribution is 7.22. The molecule has 1 atom stereocenters. The number of thiazole rings is 1. The molecule has 10 heteroatoms. The number of amides is 1. The van der Waals surface area contributed by atoms with Gasteiger partial charge in [-0.05, 0) is 74.0 Å². The second kappa shape index (κ2) is 11.3. The minimum Gasteiger partial charge on any atom is -0.507 e. The molecule has 1 unspecified atom stereocenters. The van der Waals surface area contributed by atoms with E-state index in [2.05, 4.69) is 4.98 Å². The molecule has 1 N–H and O–H groups in total. The number of aliphatic hydroxyl groups is 1. The number of aromatic nitrogens is 1. The Labute approximate surface area is 235 Å². The van der Waals surface area contributed by atoms with E-state index in [0.717, 1.165) is 4.70 Å². The molecule has 1 aliphatic rings. The average molecular weight is 561 g/mol. The molecule has 2 heterocycles. The number of ketones is 1. The van der Waals surface area contributed by atoms with Crippen LogP contribution in [-0.4, -0.2) is 49.2 Å². The molecular formula is C30H28N2O7S. The largest absolute Gasteiger partial charge is 0.507 e. The smallest absolute Gasteiger partial charge is 0.301 e. The number of carbonyl (C=O) groups excluding carboxylic acids is 2. The Bertz CT molecular complexity index is 1610. The minimum atomic E-state index is -0.974. The van der Waals surface area contributed by atoms with Crippen molar-refractivity contribution in [3.63, 3.8) is 0 Å². The zero-order valence-corrected chi connectivity index (χ0v) is 23.3. The summed E-state index contributed by atoms with van der Waals surface area (Å²) in [5.74, 6) is 0.284. The van der Waals surface area contributed by atoms with Gasteiger partial charge in [0.15, 0.2) is 16.6 Å². The van der Waals surface area contributed by atoms with E-state index in [1.165, 1.54) is 30.5 Å². The van der Waals surface area contributed by atoms with Gasteiger partial charge in [0.05, 0.1) is 49.3 Å². The fourth-order valence-electron chi connectivity index (χ4n) is 4.65. The summed E-state index contributed by atoms with van der Waals surface area (Å²) in [6, 6.07) is 16.3. The van der Waals surface area contributed by atoms with Crippen LogP contribution < -0.4 is 23.8 Å². The molecule has 9 nitrogen and oxygen atoms in total. The maximum atomic E-state index is 13.6. The van der Waals surface area contributed by atoms with Crippen molar-refractivity contribution < 1.29 is 33.6 Å². The van der Waals surface area contributed by atoms with Gasteiger partial charge in [0, 0.05) is 5.56 Å². The van der Waals surface area contributed by atoms with Gasteiger partial charge in [-0.25, -0.2) is 4.98 Å². The number of ether oxygens (including phenoxy) is 4. The quantitative estimate of drug-likeness (QED) is 0.157. The van der Waals surface area contributed by atoms with Crippen LogP contribution in [0.3, 0.4) is 0 Å². The maximum absolute atomic E-state index is 13.6. The third-order valence-electron chi connectivity index (χ3n) is 6.47. The van der Waals surface area contributed by atoms with Crippen LogP contribution in [0.4, 0.5) is 5.13 Å². The summed E-state index contributed by atoms with van der Waals surface area (Å²) in [6.45, 7) is 4.77. The number of fused-ring (bicyclic) bond motifs is 1. The first-order chi connectivity index (χ1) is 19.4. The van der Waals surface area contributed by atoms with Gasteiger partial charge < -0.3 is 24.1 Å². The van der Waals surface area contributed by atoms with Gasteiger partial charge in [0.1, 0.15) is 17.3 Å². The zero-order chi connectivity index (χ0) is 28.4. The number of hydrogen-bond acceptors (Lipinski definition) is 9. The van der Waals surface area contributed by atoms with E-state index in [1.54, 1.807) is 48.5 Å².